The van der Waals surface area contributed by atoms with Crippen LogP contribution in [0.15, 0.2) is 66.7 Å². The van der Waals surface area contributed by atoms with E-state index >= 15 is 0 Å². The van der Waals surface area contributed by atoms with Crippen molar-refractivity contribution in [2.75, 3.05) is 44.2 Å². The summed E-state index contributed by atoms with van der Waals surface area (Å²) < 4.78 is 79.1. The quantitative estimate of drug-likeness (QED) is 0.215. The van der Waals surface area contributed by atoms with Crippen LogP contribution in [0.25, 0.3) is 11.1 Å². The number of piperazine rings is 1. The highest BCUT2D eigenvalue weighted by atomic mass is 35.5. The number of anilines is 1. The summed E-state index contributed by atoms with van der Waals surface area (Å²) in [5.74, 6) is -0.660. The predicted molar refractivity (Wildman–Crippen MR) is 151 cm³/mol. The second-order valence-electron chi connectivity index (χ2n) is 10.7. The van der Waals surface area contributed by atoms with Crippen LogP contribution >= 0.6 is 11.6 Å². The highest BCUT2D eigenvalue weighted by Crippen LogP contribution is 2.51. The number of halogens is 7. The largest absolute Gasteiger partial charge is 0.417 e. The van der Waals surface area contributed by atoms with E-state index in [4.69, 9.17) is 11.6 Å². The number of amides is 1. The van der Waals surface area contributed by atoms with Gasteiger partial charge in [-0.15, -0.1) is 0 Å². The topological polar surface area (TPSA) is 35.6 Å². The van der Waals surface area contributed by atoms with E-state index < -0.39 is 35.8 Å². The molecule has 1 heterocycles. The molecule has 0 unspecified atom stereocenters. The lowest BCUT2D eigenvalue weighted by atomic mass is 9.73. The maximum Gasteiger partial charge on any atom is 0.417 e. The molecule has 11 heteroatoms. The lowest BCUT2D eigenvalue weighted by Gasteiger charge is -2.36. The molecule has 0 saturated carbocycles. The molecule has 0 spiro atoms. The zero-order valence-electron chi connectivity index (χ0n) is 22.7. The number of nitrogens with zero attached hydrogens (tertiary/aromatic N) is 2. The predicted octanol–water partition coefficient (Wildman–Crippen LogP) is 7.30. The van der Waals surface area contributed by atoms with E-state index in [1.165, 1.54) is 6.07 Å². The molecule has 2 aliphatic rings. The molecule has 224 valence electrons. The van der Waals surface area contributed by atoms with E-state index in [-0.39, 0.29) is 5.02 Å². The van der Waals surface area contributed by atoms with Crippen LogP contribution in [0, 0.1) is 0 Å². The van der Waals surface area contributed by atoms with Crippen LogP contribution in [0.4, 0.5) is 32.0 Å². The normalized spacial score (nSPS) is 16.7. The average molecular weight is 610 g/mol. The third kappa shape index (κ3) is 6.10. The molecule has 0 atom stereocenters. The zero-order valence-corrected chi connectivity index (χ0v) is 23.4. The molecule has 3 aromatic rings. The lowest BCUT2D eigenvalue weighted by Crippen LogP contribution is -2.47. The Balaban J connectivity index is 1.25. The molecular formula is C31H30ClF6N3O. The lowest BCUT2D eigenvalue weighted by molar-refractivity contribution is -0.141. The maximum absolute atomic E-state index is 13.6. The van der Waals surface area contributed by atoms with Gasteiger partial charge in [-0.2, -0.15) is 26.3 Å². The van der Waals surface area contributed by atoms with E-state index in [1.54, 1.807) is 18.2 Å². The van der Waals surface area contributed by atoms with Crippen molar-refractivity contribution in [2.45, 2.75) is 37.0 Å². The number of nitrogens with one attached hydrogen (secondary N) is 1. The highest BCUT2D eigenvalue weighted by Gasteiger charge is 2.49. The van der Waals surface area contributed by atoms with Crippen molar-refractivity contribution in [1.29, 1.82) is 0 Å². The maximum atomic E-state index is 13.6. The van der Waals surface area contributed by atoms with Gasteiger partial charge in [-0.25, -0.2) is 0 Å². The van der Waals surface area contributed by atoms with Crippen LogP contribution in [0.5, 0.6) is 0 Å². The summed E-state index contributed by atoms with van der Waals surface area (Å²) in [6, 6.07) is 18.7. The summed E-state index contributed by atoms with van der Waals surface area (Å²) in [5, 5.41) is 1.82. The molecule has 0 aromatic heterocycles. The Kier molecular flexibility index (Phi) is 8.49. The minimum Gasteiger partial charge on any atom is -0.369 e. The van der Waals surface area contributed by atoms with E-state index in [2.05, 4.69) is 10.2 Å². The van der Waals surface area contributed by atoms with Crippen molar-refractivity contribution in [3.8, 4) is 11.1 Å². The molecular weight excluding hydrogens is 580 g/mol. The van der Waals surface area contributed by atoms with Crippen molar-refractivity contribution in [2.24, 2.45) is 0 Å². The smallest absolute Gasteiger partial charge is 0.369 e. The van der Waals surface area contributed by atoms with Crippen LogP contribution in [-0.4, -0.2) is 56.3 Å². The summed E-state index contributed by atoms with van der Waals surface area (Å²) in [5.41, 5.74) is 1.50. The zero-order chi connectivity index (χ0) is 30.1. The minimum absolute atomic E-state index is 0.331. The fourth-order valence-electron chi connectivity index (χ4n) is 6.17. The van der Waals surface area contributed by atoms with E-state index in [0.29, 0.717) is 68.8 Å². The number of hydrogen-bond donors (Lipinski definition) is 1. The summed E-state index contributed by atoms with van der Waals surface area (Å²) >= 11 is 5.76. The molecule has 4 nitrogen and oxygen atoms in total. The van der Waals surface area contributed by atoms with Gasteiger partial charge >= 0.3 is 12.4 Å². The molecule has 1 amide bonds. The van der Waals surface area contributed by atoms with Gasteiger partial charge in [0.1, 0.15) is 12.0 Å². The molecule has 1 saturated heterocycles. The minimum atomic E-state index is -4.53. The Hall–Kier alpha value is -3.24. The summed E-state index contributed by atoms with van der Waals surface area (Å²) in [6.07, 6.45) is -7.42. The molecule has 42 heavy (non-hydrogen) atoms. The van der Waals surface area contributed by atoms with Crippen LogP contribution in [-0.2, 0) is 16.4 Å². The first-order valence-corrected chi connectivity index (χ1v) is 14.2. The van der Waals surface area contributed by atoms with Gasteiger partial charge in [0.15, 0.2) is 0 Å². The first kappa shape index (κ1) is 30.2. The van der Waals surface area contributed by atoms with Gasteiger partial charge in [-0.05, 0) is 59.8 Å². The fourth-order valence-corrected chi connectivity index (χ4v) is 6.39. The van der Waals surface area contributed by atoms with Crippen LogP contribution in [0.3, 0.4) is 0 Å². The Bertz CT molecular complexity index is 1390. The summed E-state index contributed by atoms with van der Waals surface area (Å²) in [4.78, 5) is 17.7. The van der Waals surface area contributed by atoms with E-state index in [0.717, 1.165) is 17.2 Å². The number of unbranched alkanes of at least 4 members (excludes halogenated alkanes) is 1. The van der Waals surface area contributed by atoms with E-state index in [1.807, 2.05) is 41.3 Å². The van der Waals surface area contributed by atoms with E-state index in [9.17, 15) is 31.1 Å². The molecule has 0 radical (unpaired) electrons. The Labute approximate surface area is 245 Å². The van der Waals surface area contributed by atoms with Gasteiger partial charge < -0.3 is 10.2 Å². The van der Waals surface area contributed by atoms with Crippen LogP contribution in [0.1, 0.15) is 36.0 Å². The van der Waals surface area contributed by atoms with Crippen molar-refractivity contribution in [1.82, 2.24) is 10.2 Å². The van der Waals surface area contributed by atoms with Crippen molar-refractivity contribution in [3.63, 3.8) is 0 Å². The second kappa shape index (κ2) is 11.8. The van der Waals surface area contributed by atoms with Crippen molar-refractivity contribution < 1.29 is 31.1 Å². The Morgan fingerprint density at radius 3 is 2.00 bits per heavy atom. The first-order valence-electron chi connectivity index (χ1n) is 13.8. The van der Waals surface area contributed by atoms with Gasteiger partial charge in [0, 0.05) is 31.9 Å². The third-order valence-corrected chi connectivity index (χ3v) is 8.50. The summed E-state index contributed by atoms with van der Waals surface area (Å²) in [6.45, 7) is 1.68. The van der Waals surface area contributed by atoms with Gasteiger partial charge in [0.25, 0.3) is 0 Å². The molecule has 5 rings (SSSR count). The second-order valence-corrected chi connectivity index (χ2v) is 11.1. The van der Waals surface area contributed by atoms with Crippen LogP contribution in [0.2, 0.25) is 5.02 Å². The monoisotopic (exact) mass is 609 g/mol. The Morgan fingerprint density at radius 2 is 1.43 bits per heavy atom. The number of alkyl halides is 6. The number of rotatable bonds is 8. The Morgan fingerprint density at radius 1 is 0.833 bits per heavy atom. The van der Waals surface area contributed by atoms with Crippen molar-refractivity contribution >= 4 is 23.2 Å². The first-order chi connectivity index (χ1) is 19.9. The van der Waals surface area contributed by atoms with Gasteiger partial charge in [-0.3, -0.25) is 9.69 Å². The SMILES string of the molecule is O=C(NCC(F)(F)F)C1(CCCCN2CCN(c3ccc(Cl)c(C(F)(F)F)c3)CC2)c2ccccc2-c2ccccc21. The fraction of sp³-hybridized carbons (Fsp3) is 0.387. The number of carbonyl (C=O) groups is 1. The van der Waals surface area contributed by atoms with Gasteiger partial charge in [0.2, 0.25) is 5.91 Å². The summed E-state index contributed by atoms with van der Waals surface area (Å²) in [7, 11) is 0. The molecule has 0 bridgehead atoms. The average Bonchev–Trinajstić information content (AvgIpc) is 3.24. The molecule has 3 aromatic carbocycles. The molecule has 1 aliphatic carbocycles. The number of carbonyl (C=O) groups excluding carboxylic acids is 1. The molecule has 1 fully saturated rings. The standard InChI is InChI=1S/C31H30ClF6N3O/c32-27-12-11-21(19-26(27)31(36,37)38)41-17-15-40(16-18-41)14-6-5-13-29(28(42)39-20-30(33,34)35)24-9-3-1-7-22(24)23-8-2-4-10-25(23)29/h1-4,7-12,19H,5-6,13-18,20H2,(H,39,42). The number of hydrogen-bond acceptors (Lipinski definition) is 3. The van der Waals surface area contributed by atoms with Crippen LogP contribution < -0.4 is 10.2 Å². The number of benzene rings is 3. The molecule has 1 N–H and O–H groups in total. The molecule has 1 aliphatic heterocycles. The third-order valence-electron chi connectivity index (χ3n) is 8.17. The van der Waals surface area contributed by atoms with Gasteiger partial charge in [0.05, 0.1) is 10.6 Å². The number of fused-ring (bicyclic) bond motifs is 3. The van der Waals surface area contributed by atoms with Gasteiger partial charge in [-0.1, -0.05) is 66.6 Å². The highest BCUT2D eigenvalue weighted by molar-refractivity contribution is 6.31. The van der Waals surface area contributed by atoms with Crippen molar-refractivity contribution in [3.05, 3.63) is 88.4 Å².